The van der Waals surface area contributed by atoms with E-state index in [-0.39, 0.29) is 19.1 Å². The van der Waals surface area contributed by atoms with E-state index in [0.29, 0.717) is 0 Å². The lowest BCUT2D eigenvalue weighted by molar-refractivity contribution is -0.163. The van der Waals surface area contributed by atoms with E-state index in [1.807, 2.05) is 13.8 Å². The van der Waals surface area contributed by atoms with Gasteiger partial charge >= 0.3 is 17.9 Å². The van der Waals surface area contributed by atoms with Crippen LogP contribution in [0.1, 0.15) is 13.8 Å². The highest BCUT2D eigenvalue weighted by molar-refractivity contribution is 5.90. The van der Waals surface area contributed by atoms with E-state index in [0.717, 1.165) is 6.08 Å². The van der Waals surface area contributed by atoms with Gasteiger partial charge in [0.05, 0.1) is 6.61 Å². The van der Waals surface area contributed by atoms with Gasteiger partial charge in [-0.05, 0) is 5.92 Å². The molecule has 1 fully saturated rings. The van der Waals surface area contributed by atoms with Gasteiger partial charge in [-0.2, -0.15) is 0 Å². The summed E-state index contributed by atoms with van der Waals surface area (Å²) in [7, 11) is 0. The minimum atomic E-state index is -1.24. The number of carbonyl (C=O) groups excluding carboxylic acids is 3. The fourth-order valence-corrected chi connectivity index (χ4v) is 1.36. The second kappa shape index (κ2) is 6.18. The predicted molar refractivity (Wildman–Crippen MR) is 60.3 cm³/mol. The van der Waals surface area contributed by atoms with Crippen LogP contribution < -0.4 is 0 Å². The molecule has 0 aromatic rings. The molecule has 0 saturated carbocycles. The van der Waals surface area contributed by atoms with Gasteiger partial charge in [0.1, 0.15) is 12.5 Å². The molecule has 0 aliphatic carbocycles. The molecule has 1 saturated heterocycles. The maximum Gasteiger partial charge on any atom is 0.348 e. The van der Waals surface area contributed by atoms with Crippen molar-refractivity contribution < 1.29 is 28.6 Å². The molecule has 18 heavy (non-hydrogen) atoms. The molecule has 0 amide bonds. The largest absolute Gasteiger partial charge is 0.465 e. The zero-order chi connectivity index (χ0) is 13.7. The minimum Gasteiger partial charge on any atom is -0.465 e. The van der Waals surface area contributed by atoms with Crippen molar-refractivity contribution in [2.24, 2.45) is 11.8 Å². The quantitative estimate of drug-likeness (QED) is 0.404. The second-order valence-corrected chi connectivity index (χ2v) is 4.32. The molecule has 1 aliphatic rings. The van der Waals surface area contributed by atoms with Gasteiger partial charge in [-0.25, -0.2) is 9.59 Å². The highest BCUT2D eigenvalue weighted by atomic mass is 16.6. The number of rotatable bonds is 5. The van der Waals surface area contributed by atoms with Crippen molar-refractivity contribution in [2.45, 2.75) is 20.0 Å². The van der Waals surface area contributed by atoms with E-state index in [4.69, 9.17) is 14.2 Å². The standard InChI is InChI=1S/C12H16O6/c1-4-9(13)18-10-8(6-17-12(10)15)11(14)16-5-7(2)3/h4,7-8,10H,1,5-6H2,2-3H3. The van der Waals surface area contributed by atoms with Crippen molar-refractivity contribution in [3.05, 3.63) is 12.7 Å². The van der Waals surface area contributed by atoms with E-state index in [2.05, 4.69) is 6.58 Å². The molecular weight excluding hydrogens is 240 g/mol. The Hall–Kier alpha value is -1.85. The molecule has 0 bridgehead atoms. The lowest BCUT2D eigenvalue weighted by Crippen LogP contribution is -2.34. The normalized spacial score (nSPS) is 22.5. The maximum atomic E-state index is 11.7. The number of carbonyl (C=O) groups is 3. The van der Waals surface area contributed by atoms with Gasteiger partial charge in [-0.1, -0.05) is 20.4 Å². The van der Waals surface area contributed by atoms with E-state index in [1.54, 1.807) is 0 Å². The van der Waals surface area contributed by atoms with Gasteiger partial charge in [0.2, 0.25) is 6.10 Å². The zero-order valence-electron chi connectivity index (χ0n) is 10.4. The molecule has 0 N–H and O–H groups in total. The number of ether oxygens (including phenoxy) is 3. The summed E-state index contributed by atoms with van der Waals surface area (Å²) < 4.78 is 14.5. The summed E-state index contributed by atoms with van der Waals surface area (Å²) in [6.45, 7) is 7.10. The average molecular weight is 256 g/mol. The molecule has 2 atom stereocenters. The van der Waals surface area contributed by atoms with Gasteiger partial charge in [0.15, 0.2) is 0 Å². The van der Waals surface area contributed by atoms with Crippen molar-refractivity contribution in [3.8, 4) is 0 Å². The first-order valence-corrected chi connectivity index (χ1v) is 5.62. The zero-order valence-corrected chi connectivity index (χ0v) is 10.4. The summed E-state index contributed by atoms with van der Waals surface area (Å²) in [5, 5.41) is 0. The smallest absolute Gasteiger partial charge is 0.348 e. The molecule has 1 rings (SSSR count). The Labute approximate surface area is 105 Å². The maximum absolute atomic E-state index is 11.7. The predicted octanol–water partition coefficient (Wildman–Crippen LogP) is 0.456. The first kappa shape index (κ1) is 14.2. The molecule has 2 unspecified atom stereocenters. The third-order valence-electron chi connectivity index (χ3n) is 2.27. The lowest BCUT2D eigenvalue weighted by Gasteiger charge is -2.15. The van der Waals surface area contributed by atoms with Crippen LogP contribution in [0.2, 0.25) is 0 Å². The Kier molecular flexibility index (Phi) is 4.88. The Bertz CT molecular complexity index is 360. The van der Waals surface area contributed by atoms with Crippen LogP contribution in [0.3, 0.4) is 0 Å². The van der Waals surface area contributed by atoms with Crippen molar-refractivity contribution in [1.29, 1.82) is 0 Å². The molecule has 0 aromatic heterocycles. The summed E-state index contributed by atoms with van der Waals surface area (Å²) in [4.78, 5) is 34.1. The van der Waals surface area contributed by atoms with Crippen LogP contribution in [-0.2, 0) is 28.6 Å². The highest BCUT2D eigenvalue weighted by Gasteiger charge is 2.45. The van der Waals surface area contributed by atoms with Gasteiger partial charge in [0, 0.05) is 6.08 Å². The third kappa shape index (κ3) is 3.58. The van der Waals surface area contributed by atoms with Crippen LogP contribution in [-0.4, -0.2) is 37.2 Å². The SMILES string of the molecule is C=CC(=O)OC1C(=O)OCC1C(=O)OCC(C)C. The van der Waals surface area contributed by atoms with Gasteiger partial charge in [-0.3, -0.25) is 4.79 Å². The van der Waals surface area contributed by atoms with E-state index in [1.165, 1.54) is 0 Å². The Morgan fingerprint density at radius 3 is 2.78 bits per heavy atom. The van der Waals surface area contributed by atoms with E-state index in [9.17, 15) is 14.4 Å². The van der Waals surface area contributed by atoms with Crippen LogP contribution >= 0.6 is 0 Å². The van der Waals surface area contributed by atoms with Gasteiger partial charge < -0.3 is 14.2 Å². The molecule has 6 heteroatoms. The number of hydrogen-bond acceptors (Lipinski definition) is 6. The Morgan fingerprint density at radius 2 is 2.22 bits per heavy atom. The summed E-state index contributed by atoms with van der Waals surface area (Å²) in [6, 6.07) is 0. The lowest BCUT2D eigenvalue weighted by atomic mass is 10.1. The molecular formula is C12H16O6. The van der Waals surface area contributed by atoms with Crippen molar-refractivity contribution in [3.63, 3.8) is 0 Å². The Balaban J connectivity index is 2.62. The summed E-state index contributed by atoms with van der Waals surface area (Å²) in [5.74, 6) is -2.84. The topological polar surface area (TPSA) is 78.9 Å². The molecule has 1 heterocycles. The fourth-order valence-electron chi connectivity index (χ4n) is 1.36. The summed E-state index contributed by atoms with van der Waals surface area (Å²) in [6.07, 6.45) is -0.322. The van der Waals surface area contributed by atoms with Crippen LogP contribution in [0.4, 0.5) is 0 Å². The van der Waals surface area contributed by atoms with Crippen molar-refractivity contribution >= 4 is 17.9 Å². The third-order valence-corrected chi connectivity index (χ3v) is 2.27. The second-order valence-electron chi connectivity index (χ2n) is 4.32. The van der Waals surface area contributed by atoms with Crippen molar-refractivity contribution in [2.75, 3.05) is 13.2 Å². The molecule has 0 radical (unpaired) electrons. The molecule has 0 spiro atoms. The monoisotopic (exact) mass is 256 g/mol. The van der Waals surface area contributed by atoms with Crippen LogP contribution in [0.5, 0.6) is 0 Å². The van der Waals surface area contributed by atoms with Crippen LogP contribution in [0, 0.1) is 11.8 Å². The minimum absolute atomic E-state index is 0.134. The van der Waals surface area contributed by atoms with Crippen LogP contribution in [0.15, 0.2) is 12.7 Å². The number of cyclic esters (lactones) is 1. The van der Waals surface area contributed by atoms with Gasteiger partial charge in [-0.15, -0.1) is 0 Å². The highest BCUT2D eigenvalue weighted by Crippen LogP contribution is 2.20. The first-order chi connectivity index (χ1) is 8.45. The molecule has 100 valence electrons. The number of hydrogen-bond donors (Lipinski definition) is 0. The van der Waals surface area contributed by atoms with E-state index >= 15 is 0 Å². The summed E-state index contributed by atoms with van der Waals surface area (Å²) >= 11 is 0. The summed E-state index contributed by atoms with van der Waals surface area (Å²) in [5.41, 5.74) is 0. The molecule has 1 aliphatic heterocycles. The molecule has 0 aromatic carbocycles. The number of esters is 3. The first-order valence-electron chi connectivity index (χ1n) is 5.62. The fraction of sp³-hybridized carbons (Fsp3) is 0.583. The van der Waals surface area contributed by atoms with Crippen LogP contribution in [0.25, 0.3) is 0 Å². The Morgan fingerprint density at radius 1 is 1.56 bits per heavy atom. The average Bonchev–Trinajstić information content (AvgIpc) is 2.68. The van der Waals surface area contributed by atoms with E-state index < -0.39 is 29.9 Å². The molecule has 6 nitrogen and oxygen atoms in total. The van der Waals surface area contributed by atoms with Gasteiger partial charge in [0.25, 0.3) is 0 Å². The van der Waals surface area contributed by atoms with Crippen molar-refractivity contribution in [1.82, 2.24) is 0 Å².